The number of nitro benzene ring substituents is 1. The molecule has 0 aliphatic heterocycles. The molecule has 2 N–H and O–H groups in total. The van der Waals surface area contributed by atoms with E-state index in [2.05, 4.69) is 10.2 Å². The second-order valence-corrected chi connectivity index (χ2v) is 7.18. The summed E-state index contributed by atoms with van der Waals surface area (Å²) >= 11 is 0. The predicted octanol–water partition coefficient (Wildman–Crippen LogP) is 3.28. The van der Waals surface area contributed by atoms with Gasteiger partial charge in [-0.15, -0.1) is 10.2 Å². The molecule has 3 rings (SSSR count). The molecule has 0 aromatic heterocycles. The summed E-state index contributed by atoms with van der Waals surface area (Å²) in [4.78, 5) is 22.3. The molecule has 0 amide bonds. The molecule has 2 aliphatic carbocycles. The first-order valence-electron chi connectivity index (χ1n) is 7.56. The summed E-state index contributed by atoms with van der Waals surface area (Å²) < 4.78 is 29.9. The molecule has 0 saturated heterocycles. The number of benzene rings is 1. The molecule has 2 aliphatic rings. The van der Waals surface area contributed by atoms with E-state index in [9.17, 15) is 28.2 Å². The third-order valence-electron chi connectivity index (χ3n) is 3.89. The Bertz CT molecular complexity index is 1140. The van der Waals surface area contributed by atoms with Gasteiger partial charge in [0.2, 0.25) is 15.9 Å². The average molecular weight is 387 g/mol. The Labute approximate surface area is 153 Å². The minimum absolute atomic E-state index is 0.0210. The van der Waals surface area contributed by atoms with E-state index in [1.807, 2.05) is 0 Å². The molecule has 1 aromatic carbocycles. The number of nitro groups is 1. The first-order valence-corrected chi connectivity index (χ1v) is 9.03. The lowest BCUT2D eigenvalue weighted by Crippen LogP contribution is -2.14. The van der Waals surface area contributed by atoms with Crippen molar-refractivity contribution < 1.29 is 23.0 Å². The van der Waals surface area contributed by atoms with E-state index in [1.54, 1.807) is 6.92 Å². The van der Waals surface area contributed by atoms with Crippen LogP contribution >= 0.6 is 0 Å². The Morgan fingerprint density at radius 3 is 2.52 bits per heavy atom. The maximum atomic E-state index is 12.2. The Balaban J connectivity index is 2.06. The van der Waals surface area contributed by atoms with Crippen LogP contribution in [0.1, 0.15) is 5.56 Å². The highest BCUT2D eigenvalue weighted by atomic mass is 32.2. The monoisotopic (exact) mass is 387 g/mol. The summed E-state index contributed by atoms with van der Waals surface area (Å²) in [5.74, 6) is -0.434. The van der Waals surface area contributed by atoms with Crippen molar-refractivity contribution >= 4 is 32.1 Å². The number of non-ortho nitro benzene ring substituents is 1. The van der Waals surface area contributed by atoms with Crippen LogP contribution < -0.4 is 0 Å². The maximum absolute atomic E-state index is 12.2. The fraction of sp³-hybridized carbons (Fsp3) is 0.0588. The lowest BCUT2D eigenvalue weighted by Gasteiger charge is -2.16. The van der Waals surface area contributed by atoms with Crippen molar-refractivity contribution in [3.63, 3.8) is 0 Å². The number of allylic oxidation sites excluding steroid dienone is 7. The molecule has 138 valence electrons. The zero-order chi connectivity index (χ0) is 19.8. The van der Waals surface area contributed by atoms with Crippen molar-refractivity contribution in [3.05, 3.63) is 81.1 Å². The van der Waals surface area contributed by atoms with E-state index in [0.717, 1.165) is 0 Å². The molecule has 0 radical (unpaired) electrons. The quantitative estimate of drug-likeness (QED) is 0.353. The van der Waals surface area contributed by atoms with Gasteiger partial charge in [-0.3, -0.25) is 24.0 Å². The number of aryl methyl sites for hydroxylation is 1. The summed E-state index contributed by atoms with van der Waals surface area (Å²) in [5, 5.41) is 18.8. The lowest BCUT2D eigenvalue weighted by atomic mass is 9.92. The zero-order valence-electron chi connectivity index (χ0n) is 13.9. The van der Waals surface area contributed by atoms with Crippen LogP contribution in [0.25, 0.3) is 0 Å². The predicted molar refractivity (Wildman–Crippen MR) is 99.2 cm³/mol. The molecule has 0 unspecified atom stereocenters. The number of hydrogen-bond donors (Lipinski definition) is 2. The van der Waals surface area contributed by atoms with E-state index in [-0.39, 0.29) is 21.9 Å². The highest BCUT2D eigenvalue weighted by Gasteiger charge is 2.22. The van der Waals surface area contributed by atoms with Crippen molar-refractivity contribution in [2.75, 3.05) is 0 Å². The number of rotatable bonds is 3. The van der Waals surface area contributed by atoms with Crippen LogP contribution in [0.3, 0.4) is 0 Å². The molecule has 0 bridgehead atoms. The van der Waals surface area contributed by atoms with Crippen LogP contribution in [-0.2, 0) is 14.9 Å². The van der Waals surface area contributed by atoms with Gasteiger partial charge in [-0.05, 0) is 36.3 Å². The Morgan fingerprint density at radius 2 is 1.85 bits per heavy atom. The summed E-state index contributed by atoms with van der Waals surface area (Å²) in [6.07, 6.45) is 6.52. The molecule has 0 spiro atoms. The molecule has 0 heterocycles. The molecular formula is C17H13N3O6S. The van der Waals surface area contributed by atoms with Gasteiger partial charge in [0, 0.05) is 17.7 Å². The minimum atomic E-state index is -4.14. The summed E-state index contributed by atoms with van der Waals surface area (Å²) in [5.41, 5.74) is 1.48. The van der Waals surface area contributed by atoms with Crippen LogP contribution in [0.2, 0.25) is 0 Å². The second kappa shape index (κ2) is 6.83. The average Bonchev–Trinajstić information content (AvgIpc) is 2.60. The zero-order valence-corrected chi connectivity index (χ0v) is 14.7. The van der Waals surface area contributed by atoms with Gasteiger partial charge < -0.3 is 0 Å². The van der Waals surface area contributed by atoms with Crippen molar-refractivity contribution in [1.29, 1.82) is 0 Å². The molecular weight excluding hydrogens is 374 g/mol. The number of nitrogens with zero attached hydrogens (tertiary/aromatic N) is 3. The number of azo groups is 1. The van der Waals surface area contributed by atoms with Crippen molar-refractivity contribution in [2.24, 2.45) is 10.2 Å². The van der Waals surface area contributed by atoms with E-state index in [1.165, 1.54) is 48.6 Å². The molecule has 9 nitrogen and oxygen atoms in total. The number of fused-ring (bicyclic) bond motifs is 1. The Kier molecular flexibility index (Phi) is 4.70. The van der Waals surface area contributed by atoms with Crippen molar-refractivity contribution in [2.45, 2.75) is 6.92 Å². The standard InChI is InChI=1S/C17H13N3O6S/c1-10-2-4-12(20(22)23)9-15(10)18-19-17-14-6-5-13(27(24,25)26)8-11(14)3-7-16(17)21/h2-9H,1H3,(H2,24,25,26). The number of hydrogen-bond acceptors (Lipinski definition) is 6. The number of carbonyl (C=O) groups is 1. The minimum Gasteiger partial charge on any atom is -0.293 e. The van der Waals surface area contributed by atoms with E-state index in [4.69, 9.17) is 0 Å². The van der Waals surface area contributed by atoms with Crippen LogP contribution in [-0.4, -0.2) is 28.9 Å². The molecule has 0 fully saturated rings. The third-order valence-corrected chi connectivity index (χ3v) is 4.76. The van der Waals surface area contributed by atoms with Gasteiger partial charge in [0.25, 0.3) is 5.69 Å². The fourth-order valence-electron chi connectivity index (χ4n) is 2.46. The van der Waals surface area contributed by atoms with Crippen LogP contribution in [0.15, 0.2) is 75.7 Å². The molecule has 10 heteroatoms. The molecule has 0 atom stereocenters. The van der Waals surface area contributed by atoms with Gasteiger partial charge in [-0.25, -0.2) is 4.21 Å². The first kappa shape index (κ1) is 18.6. The van der Waals surface area contributed by atoms with Crippen LogP contribution in [0.4, 0.5) is 11.4 Å². The van der Waals surface area contributed by atoms with Crippen LogP contribution in [0.5, 0.6) is 0 Å². The van der Waals surface area contributed by atoms with Gasteiger partial charge in [-0.1, -0.05) is 18.2 Å². The SMILES string of the molecule is Cc1ccc([N+](=O)[O-])cc1N=NC1=C2C=CC(=S(=O)(O)O)C=C2C=CC1=O. The normalized spacial score (nSPS) is 16.8. The van der Waals surface area contributed by atoms with Gasteiger partial charge in [0.05, 0.1) is 15.5 Å². The van der Waals surface area contributed by atoms with Crippen LogP contribution in [0, 0.1) is 17.0 Å². The van der Waals surface area contributed by atoms with Gasteiger partial charge in [0.15, 0.2) is 0 Å². The Hall–Kier alpha value is -3.21. The molecule has 1 aromatic rings. The van der Waals surface area contributed by atoms with E-state index in [0.29, 0.717) is 16.7 Å². The third kappa shape index (κ3) is 3.82. The highest BCUT2D eigenvalue weighted by molar-refractivity contribution is 7.92. The Morgan fingerprint density at radius 1 is 1.11 bits per heavy atom. The number of carbonyl (C=O) groups excluding carboxylic acids is 1. The second-order valence-electron chi connectivity index (χ2n) is 5.72. The lowest BCUT2D eigenvalue weighted by molar-refractivity contribution is -0.384. The van der Waals surface area contributed by atoms with Crippen molar-refractivity contribution in [1.82, 2.24) is 0 Å². The number of ketones is 1. The maximum Gasteiger partial charge on any atom is 0.271 e. The molecule has 0 saturated carbocycles. The van der Waals surface area contributed by atoms with Gasteiger partial charge >= 0.3 is 0 Å². The largest absolute Gasteiger partial charge is 0.293 e. The summed E-state index contributed by atoms with van der Waals surface area (Å²) in [7, 11) is -4.14. The smallest absolute Gasteiger partial charge is 0.271 e. The topological polar surface area (TPSA) is 142 Å². The molecule has 27 heavy (non-hydrogen) atoms. The van der Waals surface area contributed by atoms with E-state index < -0.39 is 20.8 Å². The van der Waals surface area contributed by atoms with E-state index >= 15 is 0 Å². The fourth-order valence-corrected chi connectivity index (χ4v) is 2.99. The summed E-state index contributed by atoms with van der Waals surface area (Å²) in [6.45, 7) is 1.70. The van der Waals surface area contributed by atoms with Crippen molar-refractivity contribution in [3.8, 4) is 0 Å². The van der Waals surface area contributed by atoms with Gasteiger partial charge in [0.1, 0.15) is 5.70 Å². The highest BCUT2D eigenvalue weighted by Crippen LogP contribution is 2.30. The van der Waals surface area contributed by atoms with Gasteiger partial charge in [-0.2, -0.15) is 0 Å². The first-order chi connectivity index (χ1) is 12.7. The summed E-state index contributed by atoms with van der Waals surface area (Å²) in [6, 6.07) is 4.12.